The average Bonchev–Trinajstić information content (AvgIpc) is 3.29. The number of aryl methyl sites for hydroxylation is 1. The molecule has 1 aliphatic carbocycles. The molecule has 0 spiro atoms. The van der Waals surface area contributed by atoms with Crippen LogP contribution in [-0.2, 0) is 0 Å². The fourth-order valence-corrected chi connectivity index (χ4v) is 4.83. The Labute approximate surface area is 184 Å². The Morgan fingerprint density at radius 1 is 1.06 bits per heavy atom. The van der Waals surface area contributed by atoms with Crippen LogP contribution >= 0.6 is 0 Å². The molecule has 0 saturated carbocycles. The van der Waals surface area contributed by atoms with Gasteiger partial charge in [0.05, 0.1) is 18.3 Å². The molecule has 0 saturated heterocycles. The van der Waals surface area contributed by atoms with E-state index < -0.39 is 0 Å². The van der Waals surface area contributed by atoms with E-state index in [2.05, 4.69) is 71.8 Å². The van der Waals surface area contributed by atoms with E-state index in [0.29, 0.717) is 24.5 Å². The normalized spacial score (nSPS) is 21.5. The molecule has 0 unspecified atom stereocenters. The molecule has 1 heterocycles. The minimum atomic E-state index is 0.312. The lowest BCUT2D eigenvalue weighted by Crippen LogP contribution is -2.29. The monoisotopic (exact) mass is 408 g/mol. The number of para-hydroxylation sites is 1. The number of anilines is 1. The van der Waals surface area contributed by atoms with E-state index in [1.807, 2.05) is 37.4 Å². The van der Waals surface area contributed by atoms with Crippen LogP contribution in [0.3, 0.4) is 0 Å². The van der Waals surface area contributed by atoms with Crippen LogP contribution in [0.5, 0.6) is 5.75 Å². The van der Waals surface area contributed by atoms with Gasteiger partial charge in [0.1, 0.15) is 5.75 Å². The molecule has 156 valence electrons. The standard InChI is InChI=1S/C28H28N2O/c1-3-31-27-10-5-4-7-21(27)18-29-22-14-12-20(13-15-22)28-24-9-6-8-23(24)25-17-19(2)11-16-26(25)30-28/h4-8,10-18,23-24,28,30H,3,9H2,1-2H3/t23-,24-,28+/m1/s1. The highest BCUT2D eigenvalue weighted by molar-refractivity contribution is 5.85. The van der Waals surface area contributed by atoms with Gasteiger partial charge in [-0.15, -0.1) is 0 Å². The summed E-state index contributed by atoms with van der Waals surface area (Å²) in [6.07, 6.45) is 7.74. The highest BCUT2D eigenvalue weighted by Crippen LogP contribution is 2.50. The quantitative estimate of drug-likeness (QED) is 0.365. The molecule has 0 radical (unpaired) electrons. The zero-order valence-electron chi connectivity index (χ0n) is 18.1. The maximum Gasteiger partial charge on any atom is 0.128 e. The molecule has 3 heteroatoms. The molecule has 3 aromatic carbocycles. The van der Waals surface area contributed by atoms with Gasteiger partial charge in [-0.2, -0.15) is 0 Å². The van der Waals surface area contributed by atoms with Crippen molar-refractivity contribution in [2.75, 3.05) is 11.9 Å². The van der Waals surface area contributed by atoms with Crippen molar-refractivity contribution in [3.8, 4) is 5.75 Å². The molecular weight excluding hydrogens is 380 g/mol. The second-order valence-electron chi connectivity index (χ2n) is 8.39. The number of benzene rings is 3. The molecule has 3 nitrogen and oxygen atoms in total. The largest absolute Gasteiger partial charge is 0.493 e. The summed E-state index contributed by atoms with van der Waals surface area (Å²) in [7, 11) is 0. The third kappa shape index (κ3) is 3.88. The highest BCUT2D eigenvalue weighted by Gasteiger charge is 2.37. The summed E-state index contributed by atoms with van der Waals surface area (Å²) in [6.45, 7) is 4.82. The van der Waals surface area contributed by atoms with Crippen LogP contribution in [0.1, 0.15) is 47.6 Å². The summed E-state index contributed by atoms with van der Waals surface area (Å²) >= 11 is 0. The Hall–Kier alpha value is -3.33. The van der Waals surface area contributed by atoms with E-state index in [-0.39, 0.29) is 0 Å². The third-order valence-corrected chi connectivity index (χ3v) is 6.34. The first-order valence-corrected chi connectivity index (χ1v) is 11.1. The van der Waals surface area contributed by atoms with Gasteiger partial charge in [0.15, 0.2) is 0 Å². The number of allylic oxidation sites excluding steroid dienone is 2. The Morgan fingerprint density at radius 3 is 2.74 bits per heavy atom. The minimum Gasteiger partial charge on any atom is -0.493 e. The van der Waals surface area contributed by atoms with Gasteiger partial charge in [-0.3, -0.25) is 4.99 Å². The first-order valence-electron chi connectivity index (χ1n) is 11.1. The number of nitrogens with one attached hydrogen (secondary N) is 1. The number of aliphatic imine (C=N–C) groups is 1. The van der Waals surface area contributed by atoms with Gasteiger partial charge in [-0.05, 0) is 67.6 Å². The molecule has 5 rings (SSSR count). The molecule has 3 aromatic rings. The van der Waals surface area contributed by atoms with Crippen molar-refractivity contribution in [2.24, 2.45) is 10.9 Å². The lowest BCUT2D eigenvalue weighted by molar-refractivity contribution is 0.340. The van der Waals surface area contributed by atoms with E-state index in [4.69, 9.17) is 4.74 Å². The topological polar surface area (TPSA) is 33.6 Å². The van der Waals surface area contributed by atoms with Gasteiger partial charge < -0.3 is 10.1 Å². The zero-order chi connectivity index (χ0) is 21.2. The van der Waals surface area contributed by atoms with E-state index in [1.165, 1.54) is 22.4 Å². The van der Waals surface area contributed by atoms with Gasteiger partial charge in [-0.25, -0.2) is 0 Å². The van der Waals surface area contributed by atoms with Crippen LogP contribution in [0.4, 0.5) is 11.4 Å². The van der Waals surface area contributed by atoms with Gasteiger partial charge >= 0.3 is 0 Å². The Kier molecular flexibility index (Phi) is 5.33. The van der Waals surface area contributed by atoms with Crippen LogP contribution in [0.15, 0.2) is 83.9 Å². The maximum absolute atomic E-state index is 5.69. The van der Waals surface area contributed by atoms with Crippen LogP contribution in [0.25, 0.3) is 0 Å². The number of nitrogens with zero attached hydrogens (tertiary/aromatic N) is 1. The van der Waals surface area contributed by atoms with E-state index in [0.717, 1.165) is 23.4 Å². The molecule has 0 amide bonds. The van der Waals surface area contributed by atoms with Gasteiger partial charge in [-0.1, -0.05) is 54.1 Å². The predicted molar refractivity (Wildman–Crippen MR) is 129 cm³/mol. The lowest BCUT2D eigenvalue weighted by atomic mass is 9.76. The van der Waals surface area contributed by atoms with Crippen molar-refractivity contribution in [3.05, 3.63) is 101 Å². The first-order chi connectivity index (χ1) is 15.2. The highest BCUT2D eigenvalue weighted by atomic mass is 16.5. The first kappa shape index (κ1) is 19.6. The van der Waals surface area contributed by atoms with E-state index in [9.17, 15) is 0 Å². The van der Waals surface area contributed by atoms with Crippen molar-refractivity contribution in [1.29, 1.82) is 0 Å². The second-order valence-corrected chi connectivity index (χ2v) is 8.39. The number of ether oxygens (including phenoxy) is 1. The molecule has 1 N–H and O–H groups in total. The molecular formula is C28H28N2O. The van der Waals surface area contributed by atoms with Crippen molar-refractivity contribution < 1.29 is 4.74 Å². The van der Waals surface area contributed by atoms with Crippen LogP contribution in [0, 0.1) is 12.8 Å². The molecule has 31 heavy (non-hydrogen) atoms. The number of fused-ring (bicyclic) bond motifs is 3. The van der Waals surface area contributed by atoms with Gasteiger partial charge in [0.2, 0.25) is 0 Å². The maximum atomic E-state index is 5.69. The van der Waals surface area contributed by atoms with E-state index in [1.54, 1.807) is 0 Å². The van der Waals surface area contributed by atoms with Gasteiger partial charge in [0, 0.05) is 23.4 Å². The van der Waals surface area contributed by atoms with Crippen molar-refractivity contribution in [3.63, 3.8) is 0 Å². The summed E-state index contributed by atoms with van der Waals surface area (Å²) in [6, 6.07) is 23.7. The molecule has 3 atom stereocenters. The van der Waals surface area contributed by atoms with Crippen molar-refractivity contribution in [1.82, 2.24) is 0 Å². The summed E-state index contributed by atoms with van der Waals surface area (Å²) in [5.74, 6) is 1.92. The average molecular weight is 409 g/mol. The van der Waals surface area contributed by atoms with Crippen LogP contribution < -0.4 is 10.1 Å². The molecule has 2 aliphatic rings. The third-order valence-electron chi connectivity index (χ3n) is 6.34. The zero-order valence-corrected chi connectivity index (χ0v) is 18.1. The van der Waals surface area contributed by atoms with Crippen LogP contribution in [-0.4, -0.2) is 12.8 Å². The van der Waals surface area contributed by atoms with Crippen molar-refractivity contribution >= 4 is 17.6 Å². The molecule has 1 aliphatic heterocycles. The molecule has 0 fully saturated rings. The van der Waals surface area contributed by atoms with Crippen LogP contribution in [0.2, 0.25) is 0 Å². The summed E-state index contributed by atoms with van der Waals surface area (Å²) in [4.78, 5) is 4.68. The van der Waals surface area contributed by atoms with E-state index >= 15 is 0 Å². The Balaban J connectivity index is 1.38. The summed E-state index contributed by atoms with van der Waals surface area (Å²) in [5, 5.41) is 3.82. The molecule has 0 bridgehead atoms. The predicted octanol–water partition coefficient (Wildman–Crippen LogP) is 6.97. The lowest BCUT2D eigenvalue weighted by Gasteiger charge is -2.37. The Bertz CT molecular complexity index is 1130. The SMILES string of the molecule is CCOc1ccccc1C=Nc1ccc([C@@H]2Nc3ccc(C)cc3[C@@H]3C=CC[C@H]32)cc1. The number of hydrogen-bond donors (Lipinski definition) is 1. The minimum absolute atomic E-state index is 0.312. The molecule has 0 aromatic heterocycles. The number of rotatable bonds is 5. The fraction of sp³-hybridized carbons (Fsp3) is 0.250. The van der Waals surface area contributed by atoms with Gasteiger partial charge in [0.25, 0.3) is 0 Å². The number of hydrogen-bond acceptors (Lipinski definition) is 3. The summed E-state index contributed by atoms with van der Waals surface area (Å²) in [5.41, 5.74) is 7.28. The van der Waals surface area contributed by atoms with Crippen molar-refractivity contribution in [2.45, 2.75) is 32.2 Å². The second kappa shape index (κ2) is 8.43. The fourth-order valence-electron chi connectivity index (χ4n) is 4.83. The summed E-state index contributed by atoms with van der Waals surface area (Å²) < 4.78 is 5.69. The Morgan fingerprint density at radius 2 is 1.90 bits per heavy atom. The smallest absolute Gasteiger partial charge is 0.128 e.